The van der Waals surface area contributed by atoms with Gasteiger partial charge in [-0.25, -0.2) is 0 Å². The van der Waals surface area contributed by atoms with Crippen LogP contribution in [0, 0.1) is 5.92 Å². The predicted molar refractivity (Wildman–Crippen MR) is 95.7 cm³/mol. The van der Waals surface area contributed by atoms with Crippen LogP contribution in [0.1, 0.15) is 23.2 Å². The first kappa shape index (κ1) is 17.5. The van der Waals surface area contributed by atoms with Crippen molar-refractivity contribution in [1.82, 2.24) is 14.7 Å². The summed E-state index contributed by atoms with van der Waals surface area (Å²) in [4.78, 5) is 19.3. The number of carbonyl (C=O) groups excluding carboxylic acids is 1. The summed E-state index contributed by atoms with van der Waals surface area (Å²) in [6.45, 7) is 6.93. The van der Waals surface area contributed by atoms with Gasteiger partial charge in [0.05, 0.1) is 5.02 Å². The molecule has 132 valence electrons. The number of hydrogen-bond acceptors (Lipinski definition) is 4. The van der Waals surface area contributed by atoms with E-state index >= 15 is 0 Å². The third-order valence-corrected chi connectivity index (χ3v) is 5.51. The molecule has 2 aliphatic rings. The maximum Gasteiger partial charge on any atom is 0.253 e. The Labute approximate surface area is 148 Å². The van der Waals surface area contributed by atoms with Gasteiger partial charge in [-0.2, -0.15) is 0 Å². The van der Waals surface area contributed by atoms with Crippen LogP contribution < -0.4 is 0 Å². The minimum absolute atomic E-state index is 0.00385. The molecule has 0 spiro atoms. The molecule has 2 saturated heterocycles. The number of rotatable bonds is 3. The Balaban J connectivity index is 1.49. The third kappa shape index (κ3) is 4.21. The zero-order valence-electron chi connectivity index (χ0n) is 14.2. The lowest BCUT2D eigenvalue weighted by atomic mass is 9.96. The van der Waals surface area contributed by atoms with Crippen molar-refractivity contribution in [2.24, 2.45) is 5.92 Å². The van der Waals surface area contributed by atoms with Crippen LogP contribution in [-0.2, 0) is 0 Å². The number of phenols is 1. The van der Waals surface area contributed by atoms with Gasteiger partial charge in [-0.3, -0.25) is 9.69 Å². The van der Waals surface area contributed by atoms with E-state index in [1.807, 2.05) is 4.90 Å². The van der Waals surface area contributed by atoms with E-state index in [1.54, 1.807) is 12.1 Å². The Morgan fingerprint density at radius 3 is 2.46 bits per heavy atom. The van der Waals surface area contributed by atoms with Gasteiger partial charge in [0.1, 0.15) is 5.75 Å². The quantitative estimate of drug-likeness (QED) is 0.906. The first-order valence-electron chi connectivity index (χ1n) is 8.71. The Morgan fingerprint density at radius 2 is 1.83 bits per heavy atom. The fourth-order valence-electron chi connectivity index (χ4n) is 3.57. The normalized spacial score (nSPS) is 21.2. The molecule has 1 aromatic rings. The highest BCUT2D eigenvalue weighted by atomic mass is 35.5. The van der Waals surface area contributed by atoms with Crippen molar-refractivity contribution in [3.05, 3.63) is 28.8 Å². The number of nitrogens with zero attached hydrogens (tertiary/aromatic N) is 3. The number of hydrogen-bond donors (Lipinski definition) is 1. The van der Waals surface area contributed by atoms with Gasteiger partial charge in [-0.15, -0.1) is 0 Å². The molecule has 1 N–H and O–H groups in total. The van der Waals surface area contributed by atoms with E-state index in [4.69, 9.17) is 11.6 Å². The lowest BCUT2D eigenvalue weighted by Crippen LogP contribution is -2.50. The van der Waals surface area contributed by atoms with Crippen molar-refractivity contribution in [2.45, 2.75) is 12.8 Å². The second-order valence-electron chi connectivity index (χ2n) is 7.01. The van der Waals surface area contributed by atoms with Gasteiger partial charge in [-0.1, -0.05) is 11.6 Å². The topological polar surface area (TPSA) is 47.0 Å². The Bertz CT molecular complexity index is 580. The minimum Gasteiger partial charge on any atom is -0.506 e. The monoisotopic (exact) mass is 351 g/mol. The van der Waals surface area contributed by atoms with E-state index < -0.39 is 0 Å². The fraction of sp³-hybridized carbons (Fsp3) is 0.611. The van der Waals surface area contributed by atoms with Gasteiger partial charge in [0.2, 0.25) is 0 Å². The molecule has 0 radical (unpaired) electrons. The number of piperidine rings is 1. The van der Waals surface area contributed by atoms with Gasteiger partial charge >= 0.3 is 0 Å². The standard InChI is InChI=1S/C18H26ClN3O2/c1-20-6-4-14(5-7-20)13-21-8-10-22(11-9-21)18(24)15-2-3-17(23)16(19)12-15/h2-3,12,14,23H,4-11,13H2,1H3. The molecule has 0 aliphatic carbocycles. The number of halogens is 1. The molecule has 1 aromatic carbocycles. The van der Waals surface area contributed by atoms with Crippen molar-refractivity contribution < 1.29 is 9.90 Å². The average Bonchev–Trinajstić information content (AvgIpc) is 2.59. The van der Waals surface area contributed by atoms with Gasteiger partial charge in [0.25, 0.3) is 5.91 Å². The first-order valence-corrected chi connectivity index (χ1v) is 9.09. The first-order chi connectivity index (χ1) is 11.5. The summed E-state index contributed by atoms with van der Waals surface area (Å²) in [5, 5.41) is 9.70. The molecule has 1 amide bonds. The lowest BCUT2D eigenvalue weighted by molar-refractivity contribution is 0.0594. The number of carbonyl (C=O) groups is 1. The van der Waals surface area contributed by atoms with Crippen LogP contribution in [0.2, 0.25) is 5.02 Å². The fourth-order valence-corrected chi connectivity index (χ4v) is 3.75. The molecule has 0 atom stereocenters. The molecule has 2 fully saturated rings. The summed E-state index contributed by atoms with van der Waals surface area (Å²) in [6, 6.07) is 4.66. The van der Waals surface area contributed by atoms with E-state index in [0.29, 0.717) is 5.56 Å². The summed E-state index contributed by atoms with van der Waals surface area (Å²) in [5.41, 5.74) is 0.543. The highest BCUT2D eigenvalue weighted by Crippen LogP contribution is 2.24. The smallest absolute Gasteiger partial charge is 0.253 e. The van der Waals surface area contributed by atoms with Crippen molar-refractivity contribution in [3.63, 3.8) is 0 Å². The minimum atomic E-state index is -0.00385. The van der Waals surface area contributed by atoms with E-state index in [2.05, 4.69) is 16.8 Å². The van der Waals surface area contributed by atoms with Crippen LogP contribution >= 0.6 is 11.6 Å². The highest BCUT2D eigenvalue weighted by molar-refractivity contribution is 6.32. The number of likely N-dealkylation sites (tertiary alicyclic amines) is 1. The Morgan fingerprint density at radius 1 is 1.17 bits per heavy atom. The molecular weight excluding hydrogens is 326 g/mol. The molecule has 5 nitrogen and oxygen atoms in total. The van der Waals surface area contributed by atoms with E-state index in [1.165, 1.54) is 32.0 Å². The maximum absolute atomic E-state index is 12.6. The summed E-state index contributed by atoms with van der Waals surface area (Å²) in [5.74, 6) is 0.798. The van der Waals surface area contributed by atoms with E-state index in [0.717, 1.165) is 38.6 Å². The second kappa shape index (κ2) is 7.72. The number of aromatic hydroxyl groups is 1. The number of benzene rings is 1. The van der Waals surface area contributed by atoms with Crippen molar-refractivity contribution in [2.75, 3.05) is 52.9 Å². The summed E-state index contributed by atoms with van der Waals surface area (Å²) in [6.07, 6.45) is 2.56. The number of piperazine rings is 1. The lowest BCUT2D eigenvalue weighted by Gasteiger charge is -2.38. The van der Waals surface area contributed by atoms with E-state index in [9.17, 15) is 9.90 Å². The summed E-state index contributed by atoms with van der Waals surface area (Å²) < 4.78 is 0. The molecule has 2 heterocycles. The zero-order chi connectivity index (χ0) is 17.1. The Hall–Kier alpha value is -1.30. The van der Waals surface area contributed by atoms with Crippen molar-refractivity contribution in [3.8, 4) is 5.75 Å². The molecule has 0 bridgehead atoms. The molecule has 0 saturated carbocycles. The average molecular weight is 352 g/mol. The van der Waals surface area contributed by atoms with Gasteiger partial charge < -0.3 is 14.9 Å². The number of phenolic OH excluding ortho intramolecular Hbond substituents is 1. The van der Waals surface area contributed by atoms with Crippen LogP contribution in [0.25, 0.3) is 0 Å². The largest absolute Gasteiger partial charge is 0.506 e. The van der Waals surface area contributed by atoms with Gasteiger partial charge in [0, 0.05) is 38.3 Å². The molecule has 0 unspecified atom stereocenters. The van der Waals surface area contributed by atoms with Crippen molar-refractivity contribution in [1.29, 1.82) is 0 Å². The van der Waals surface area contributed by atoms with Crippen LogP contribution in [0.15, 0.2) is 18.2 Å². The molecule has 24 heavy (non-hydrogen) atoms. The Kier molecular flexibility index (Phi) is 5.64. The van der Waals surface area contributed by atoms with Crippen LogP contribution in [0.3, 0.4) is 0 Å². The SMILES string of the molecule is CN1CCC(CN2CCN(C(=O)c3ccc(O)c(Cl)c3)CC2)CC1. The molecule has 0 aromatic heterocycles. The molecular formula is C18H26ClN3O2. The van der Waals surface area contributed by atoms with Crippen molar-refractivity contribution >= 4 is 17.5 Å². The van der Waals surface area contributed by atoms with Gasteiger partial charge in [0.15, 0.2) is 0 Å². The van der Waals surface area contributed by atoms with Crippen LogP contribution in [-0.4, -0.2) is 78.6 Å². The number of amides is 1. The molecule has 3 rings (SSSR count). The molecule has 6 heteroatoms. The van der Waals surface area contributed by atoms with E-state index in [-0.39, 0.29) is 16.7 Å². The second-order valence-corrected chi connectivity index (χ2v) is 7.41. The highest BCUT2D eigenvalue weighted by Gasteiger charge is 2.25. The van der Waals surface area contributed by atoms with Crippen LogP contribution in [0.5, 0.6) is 5.75 Å². The zero-order valence-corrected chi connectivity index (χ0v) is 15.0. The maximum atomic E-state index is 12.6. The van der Waals surface area contributed by atoms with Crippen LogP contribution in [0.4, 0.5) is 0 Å². The third-order valence-electron chi connectivity index (χ3n) is 5.21. The van der Waals surface area contributed by atoms with Gasteiger partial charge in [-0.05, 0) is 57.1 Å². The summed E-state index contributed by atoms with van der Waals surface area (Å²) in [7, 11) is 2.19. The summed E-state index contributed by atoms with van der Waals surface area (Å²) >= 11 is 5.91. The molecule has 2 aliphatic heterocycles. The predicted octanol–water partition coefficient (Wildman–Crippen LogP) is 2.15.